The summed E-state index contributed by atoms with van der Waals surface area (Å²) in [6.45, 7) is 8.95. The molecule has 53 heavy (non-hydrogen) atoms. The van der Waals surface area contributed by atoms with Crippen molar-refractivity contribution in [2.45, 2.75) is 265 Å². The predicted molar refractivity (Wildman–Crippen MR) is 224 cm³/mol. The summed E-state index contributed by atoms with van der Waals surface area (Å²) in [5, 5.41) is 0. The molecule has 0 rings (SSSR count). The van der Waals surface area contributed by atoms with Crippen LogP contribution in [-0.2, 0) is 28.6 Å². The lowest BCUT2D eigenvalue weighted by Gasteiger charge is -2.18. The molecule has 6 nitrogen and oxygen atoms in total. The van der Waals surface area contributed by atoms with Gasteiger partial charge in [-0.2, -0.15) is 0 Å². The number of unbranched alkanes of at least 4 members (excludes halogenated alkanes) is 29. The van der Waals surface area contributed by atoms with Crippen LogP contribution in [0.15, 0.2) is 0 Å². The van der Waals surface area contributed by atoms with Crippen molar-refractivity contribution in [3.63, 3.8) is 0 Å². The molecule has 314 valence electrons. The molecule has 6 heteroatoms. The van der Waals surface area contributed by atoms with E-state index in [1.165, 1.54) is 154 Å². The highest BCUT2D eigenvalue weighted by Crippen LogP contribution is 2.16. The second-order valence-corrected chi connectivity index (χ2v) is 16.5. The highest BCUT2D eigenvalue weighted by molar-refractivity contribution is 5.71. The second kappa shape index (κ2) is 41.6. The molecule has 0 bridgehead atoms. The number of carbonyl (C=O) groups excluding carboxylic acids is 3. The molecule has 0 aliphatic carbocycles. The minimum Gasteiger partial charge on any atom is -0.462 e. The Bertz CT molecular complexity index is 796. The SMILES string of the molecule is CCCCCCCCCCCCCCCCC(=O)OC[C@H](COC(=O)CCCCCCCCCCCCC)OC(=O)CCCCCCCCCC(C)C. The molecular formula is C47H90O6. The van der Waals surface area contributed by atoms with Crippen molar-refractivity contribution < 1.29 is 28.6 Å². The Balaban J connectivity index is 4.30. The summed E-state index contributed by atoms with van der Waals surface area (Å²) >= 11 is 0. The average molecular weight is 751 g/mol. The zero-order chi connectivity index (χ0) is 38.9. The molecule has 0 spiro atoms. The van der Waals surface area contributed by atoms with E-state index in [0.717, 1.165) is 63.7 Å². The molecule has 0 unspecified atom stereocenters. The van der Waals surface area contributed by atoms with Gasteiger partial charge in [0.1, 0.15) is 13.2 Å². The van der Waals surface area contributed by atoms with Crippen molar-refractivity contribution in [2.24, 2.45) is 5.92 Å². The van der Waals surface area contributed by atoms with Gasteiger partial charge in [0.05, 0.1) is 0 Å². The van der Waals surface area contributed by atoms with Crippen molar-refractivity contribution in [2.75, 3.05) is 13.2 Å². The third-order valence-electron chi connectivity index (χ3n) is 10.5. The lowest BCUT2D eigenvalue weighted by Crippen LogP contribution is -2.30. The zero-order valence-corrected chi connectivity index (χ0v) is 36.0. The van der Waals surface area contributed by atoms with E-state index in [4.69, 9.17) is 14.2 Å². The minimum absolute atomic E-state index is 0.0642. The van der Waals surface area contributed by atoms with Gasteiger partial charge in [0.25, 0.3) is 0 Å². The maximum absolute atomic E-state index is 12.7. The van der Waals surface area contributed by atoms with Crippen molar-refractivity contribution in [1.82, 2.24) is 0 Å². The lowest BCUT2D eigenvalue weighted by molar-refractivity contribution is -0.167. The van der Waals surface area contributed by atoms with Crippen LogP contribution >= 0.6 is 0 Å². The maximum Gasteiger partial charge on any atom is 0.306 e. The standard InChI is InChI=1S/C47H90O6/c1-5-7-9-11-13-15-17-18-19-21-23-27-31-35-39-46(49)52-42-44(53-47(50)40-36-32-28-24-25-29-33-37-43(3)4)41-51-45(48)38-34-30-26-22-20-16-14-12-10-8-6-2/h43-44H,5-42H2,1-4H3/t44-/m0/s1. The molecule has 0 saturated heterocycles. The molecule has 0 aromatic heterocycles. The summed E-state index contributed by atoms with van der Waals surface area (Å²) < 4.78 is 16.7. The van der Waals surface area contributed by atoms with Gasteiger partial charge in [0.2, 0.25) is 0 Å². The lowest BCUT2D eigenvalue weighted by atomic mass is 10.0. The Kier molecular flexibility index (Phi) is 40.3. The van der Waals surface area contributed by atoms with E-state index in [1.807, 2.05) is 0 Å². The van der Waals surface area contributed by atoms with Crippen molar-refractivity contribution in [3.8, 4) is 0 Å². The third-order valence-corrected chi connectivity index (χ3v) is 10.5. The highest BCUT2D eigenvalue weighted by Gasteiger charge is 2.19. The summed E-state index contributed by atoms with van der Waals surface area (Å²) in [7, 11) is 0. The van der Waals surface area contributed by atoms with Gasteiger partial charge in [-0.05, 0) is 25.2 Å². The molecule has 0 saturated carbocycles. The Morgan fingerprint density at radius 1 is 0.358 bits per heavy atom. The summed E-state index contributed by atoms with van der Waals surface area (Å²) in [5.74, 6) is -0.0775. The maximum atomic E-state index is 12.7. The van der Waals surface area contributed by atoms with E-state index < -0.39 is 6.10 Å². The van der Waals surface area contributed by atoms with Gasteiger partial charge < -0.3 is 14.2 Å². The van der Waals surface area contributed by atoms with Crippen LogP contribution in [0, 0.1) is 5.92 Å². The van der Waals surface area contributed by atoms with Gasteiger partial charge in [-0.3, -0.25) is 14.4 Å². The topological polar surface area (TPSA) is 78.9 Å². The van der Waals surface area contributed by atoms with Gasteiger partial charge in [-0.15, -0.1) is 0 Å². The number of rotatable bonds is 42. The van der Waals surface area contributed by atoms with Crippen LogP contribution in [0.2, 0.25) is 0 Å². The van der Waals surface area contributed by atoms with Gasteiger partial charge >= 0.3 is 17.9 Å². The summed E-state index contributed by atoms with van der Waals surface area (Å²) in [6, 6.07) is 0. The van der Waals surface area contributed by atoms with Crippen molar-refractivity contribution >= 4 is 17.9 Å². The van der Waals surface area contributed by atoms with E-state index in [-0.39, 0.29) is 31.1 Å². The fourth-order valence-corrected chi connectivity index (χ4v) is 6.98. The van der Waals surface area contributed by atoms with Gasteiger partial charge in [0, 0.05) is 19.3 Å². The van der Waals surface area contributed by atoms with Crippen LogP contribution in [0.25, 0.3) is 0 Å². The average Bonchev–Trinajstić information content (AvgIpc) is 3.14. The number of hydrogen-bond acceptors (Lipinski definition) is 6. The number of hydrogen-bond donors (Lipinski definition) is 0. The summed E-state index contributed by atoms with van der Waals surface area (Å²) in [5.41, 5.74) is 0. The molecule has 1 atom stereocenters. The Morgan fingerprint density at radius 2 is 0.623 bits per heavy atom. The molecular weight excluding hydrogens is 661 g/mol. The smallest absolute Gasteiger partial charge is 0.306 e. The molecule has 0 N–H and O–H groups in total. The molecule has 0 aromatic carbocycles. The second-order valence-electron chi connectivity index (χ2n) is 16.5. The van der Waals surface area contributed by atoms with Crippen LogP contribution in [0.1, 0.15) is 259 Å². The van der Waals surface area contributed by atoms with E-state index in [1.54, 1.807) is 0 Å². The van der Waals surface area contributed by atoms with Crippen LogP contribution in [0.3, 0.4) is 0 Å². The zero-order valence-electron chi connectivity index (χ0n) is 36.0. The van der Waals surface area contributed by atoms with E-state index in [0.29, 0.717) is 19.3 Å². The number of carbonyl (C=O) groups is 3. The fraction of sp³-hybridized carbons (Fsp3) is 0.936. The third kappa shape index (κ3) is 41.4. The van der Waals surface area contributed by atoms with Gasteiger partial charge in [-0.1, -0.05) is 220 Å². The molecule has 0 aliphatic rings. The number of esters is 3. The van der Waals surface area contributed by atoms with Gasteiger partial charge in [-0.25, -0.2) is 0 Å². The first-order valence-electron chi connectivity index (χ1n) is 23.4. The monoisotopic (exact) mass is 751 g/mol. The van der Waals surface area contributed by atoms with E-state index >= 15 is 0 Å². The van der Waals surface area contributed by atoms with Crippen LogP contribution in [-0.4, -0.2) is 37.2 Å². The summed E-state index contributed by atoms with van der Waals surface area (Å²) in [6.07, 6.45) is 40.9. The van der Waals surface area contributed by atoms with E-state index in [2.05, 4.69) is 27.7 Å². The van der Waals surface area contributed by atoms with Crippen molar-refractivity contribution in [3.05, 3.63) is 0 Å². The van der Waals surface area contributed by atoms with Crippen LogP contribution in [0.4, 0.5) is 0 Å². The molecule has 0 heterocycles. The Labute approximate surface area is 329 Å². The molecule has 0 aromatic rings. The minimum atomic E-state index is -0.759. The normalized spacial score (nSPS) is 11.9. The Morgan fingerprint density at radius 3 is 0.925 bits per heavy atom. The molecule has 0 fully saturated rings. The van der Waals surface area contributed by atoms with E-state index in [9.17, 15) is 14.4 Å². The first-order valence-corrected chi connectivity index (χ1v) is 23.4. The number of ether oxygens (including phenoxy) is 3. The first-order chi connectivity index (χ1) is 25.9. The Hall–Kier alpha value is -1.59. The van der Waals surface area contributed by atoms with Gasteiger partial charge in [0.15, 0.2) is 6.10 Å². The molecule has 0 aliphatic heterocycles. The fourth-order valence-electron chi connectivity index (χ4n) is 6.98. The largest absolute Gasteiger partial charge is 0.462 e. The summed E-state index contributed by atoms with van der Waals surface area (Å²) in [4.78, 5) is 37.7. The first kappa shape index (κ1) is 51.4. The van der Waals surface area contributed by atoms with Crippen LogP contribution in [0.5, 0.6) is 0 Å². The van der Waals surface area contributed by atoms with Crippen molar-refractivity contribution in [1.29, 1.82) is 0 Å². The molecule has 0 amide bonds. The highest BCUT2D eigenvalue weighted by atomic mass is 16.6. The van der Waals surface area contributed by atoms with Crippen LogP contribution < -0.4 is 0 Å². The predicted octanol–water partition coefficient (Wildman–Crippen LogP) is 14.7. The quantitative estimate of drug-likeness (QED) is 0.0351. The molecule has 0 radical (unpaired) electrons.